The molecule has 0 saturated carbocycles. The zero-order valence-corrected chi connectivity index (χ0v) is 14.8. The molecule has 0 amide bonds. The maximum Gasteiger partial charge on any atom is 0.0724 e. The number of hydrogen-bond acceptors (Lipinski definition) is 1. The lowest BCUT2D eigenvalue weighted by atomic mass is 9.81. The average molecular weight is 385 g/mol. The first-order valence-corrected chi connectivity index (χ1v) is 8.61. The zero-order chi connectivity index (χ0) is 15.0. The normalized spacial score (nSPS) is 21.0. The molecule has 0 heterocycles. The highest BCUT2D eigenvalue weighted by Crippen LogP contribution is 2.42. The van der Waals surface area contributed by atoms with Crippen LogP contribution < -0.4 is 5.32 Å². The Bertz CT molecular complexity index is 649. The van der Waals surface area contributed by atoms with E-state index in [-0.39, 0.29) is 6.04 Å². The molecule has 2 unspecified atom stereocenters. The lowest BCUT2D eigenvalue weighted by molar-refractivity contribution is 0.535. The molecule has 0 spiro atoms. The van der Waals surface area contributed by atoms with Gasteiger partial charge in [0.1, 0.15) is 0 Å². The zero-order valence-electron chi connectivity index (χ0n) is 11.7. The van der Waals surface area contributed by atoms with E-state index >= 15 is 0 Å². The van der Waals surface area contributed by atoms with Crippen molar-refractivity contribution in [1.82, 2.24) is 0 Å². The molecule has 2 aromatic carbocycles. The van der Waals surface area contributed by atoms with Crippen molar-refractivity contribution in [3.63, 3.8) is 0 Å². The molecular formula is C17H16BrCl2N. The van der Waals surface area contributed by atoms with E-state index in [4.69, 9.17) is 23.2 Å². The Labute approximate surface area is 143 Å². The molecular weight excluding hydrogens is 369 g/mol. The van der Waals surface area contributed by atoms with E-state index in [0.29, 0.717) is 16.0 Å². The summed E-state index contributed by atoms with van der Waals surface area (Å²) in [6.07, 6.45) is 2.25. The largest absolute Gasteiger partial charge is 0.376 e. The van der Waals surface area contributed by atoms with Gasteiger partial charge in [0, 0.05) is 4.47 Å². The van der Waals surface area contributed by atoms with Crippen LogP contribution in [0.4, 0.5) is 5.69 Å². The summed E-state index contributed by atoms with van der Waals surface area (Å²) < 4.78 is 0.890. The molecule has 1 N–H and O–H groups in total. The van der Waals surface area contributed by atoms with Crippen molar-refractivity contribution in [3.8, 4) is 0 Å². The molecule has 2 atom stereocenters. The van der Waals surface area contributed by atoms with Gasteiger partial charge in [0.05, 0.1) is 21.8 Å². The lowest BCUT2D eigenvalue weighted by Crippen LogP contribution is -2.19. The summed E-state index contributed by atoms with van der Waals surface area (Å²) in [6, 6.07) is 12.6. The Hall–Kier alpha value is -0.700. The van der Waals surface area contributed by atoms with Gasteiger partial charge in [-0.3, -0.25) is 0 Å². The molecule has 0 radical (unpaired) electrons. The van der Waals surface area contributed by atoms with Gasteiger partial charge in [0.15, 0.2) is 0 Å². The van der Waals surface area contributed by atoms with E-state index in [1.54, 1.807) is 0 Å². The Balaban J connectivity index is 1.95. The number of nitrogens with one attached hydrogen (secondary N) is 1. The quantitative estimate of drug-likeness (QED) is 0.599. The van der Waals surface area contributed by atoms with Crippen molar-refractivity contribution >= 4 is 44.8 Å². The molecule has 2 aromatic rings. The predicted molar refractivity (Wildman–Crippen MR) is 94.6 cm³/mol. The smallest absolute Gasteiger partial charge is 0.0724 e. The van der Waals surface area contributed by atoms with Crippen molar-refractivity contribution in [2.24, 2.45) is 0 Å². The Morgan fingerprint density at radius 3 is 2.33 bits per heavy atom. The summed E-state index contributed by atoms with van der Waals surface area (Å²) in [5.74, 6) is 0.607. The molecule has 0 saturated heterocycles. The maximum atomic E-state index is 6.33. The molecule has 0 bridgehead atoms. The Morgan fingerprint density at radius 2 is 1.67 bits per heavy atom. The fourth-order valence-corrected chi connectivity index (χ4v) is 4.33. The highest BCUT2D eigenvalue weighted by molar-refractivity contribution is 9.10. The Morgan fingerprint density at radius 1 is 1.05 bits per heavy atom. The van der Waals surface area contributed by atoms with Crippen LogP contribution in [0.5, 0.6) is 0 Å². The minimum atomic E-state index is 0.258. The second kappa shape index (κ2) is 6.20. The molecule has 4 heteroatoms. The SMILES string of the molecule is CC1CCC(Nc2c(Cl)cc(Br)cc2Cl)c2ccccc21. The average Bonchev–Trinajstić information content (AvgIpc) is 2.45. The molecule has 0 fully saturated rings. The van der Waals surface area contributed by atoms with Gasteiger partial charge in [-0.2, -0.15) is 0 Å². The van der Waals surface area contributed by atoms with Gasteiger partial charge in [-0.05, 0) is 42.0 Å². The summed E-state index contributed by atoms with van der Waals surface area (Å²) in [7, 11) is 0. The number of halogens is 3. The van der Waals surface area contributed by atoms with Crippen molar-refractivity contribution in [1.29, 1.82) is 0 Å². The highest BCUT2D eigenvalue weighted by atomic mass is 79.9. The van der Waals surface area contributed by atoms with Crippen LogP contribution in [0.3, 0.4) is 0 Å². The molecule has 1 aliphatic rings. The summed E-state index contributed by atoms with van der Waals surface area (Å²) in [6.45, 7) is 2.29. The van der Waals surface area contributed by atoms with Crippen LogP contribution in [0.1, 0.15) is 42.9 Å². The fraction of sp³-hybridized carbons (Fsp3) is 0.294. The predicted octanol–water partition coefficient (Wildman–Crippen LogP) is 6.81. The molecule has 0 aromatic heterocycles. The van der Waals surface area contributed by atoms with Crippen molar-refractivity contribution in [3.05, 3.63) is 62.0 Å². The van der Waals surface area contributed by atoms with E-state index in [1.807, 2.05) is 12.1 Å². The Kier molecular flexibility index (Phi) is 4.49. The summed E-state index contributed by atoms with van der Waals surface area (Å²) in [4.78, 5) is 0. The number of fused-ring (bicyclic) bond motifs is 1. The van der Waals surface area contributed by atoms with E-state index < -0.39 is 0 Å². The molecule has 1 nitrogen and oxygen atoms in total. The summed E-state index contributed by atoms with van der Waals surface area (Å²) in [5, 5.41) is 4.82. The second-order valence-electron chi connectivity index (χ2n) is 5.55. The van der Waals surface area contributed by atoms with Crippen LogP contribution in [0.25, 0.3) is 0 Å². The minimum Gasteiger partial charge on any atom is -0.376 e. The van der Waals surface area contributed by atoms with Crippen molar-refractivity contribution in [2.45, 2.75) is 31.7 Å². The second-order valence-corrected chi connectivity index (χ2v) is 7.28. The third-order valence-corrected chi connectivity index (χ3v) is 5.17. The van der Waals surface area contributed by atoms with E-state index in [9.17, 15) is 0 Å². The van der Waals surface area contributed by atoms with Crippen LogP contribution in [-0.4, -0.2) is 0 Å². The first-order valence-electron chi connectivity index (χ1n) is 7.06. The van der Waals surface area contributed by atoms with Crippen LogP contribution in [0.2, 0.25) is 10.0 Å². The van der Waals surface area contributed by atoms with Gasteiger partial charge in [-0.15, -0.1) is 0 Å². The van der Waals surface area contributed by atoms with Crippen molar-refractivity contribution in [2.75, 3.05) is 5.32 Å². The molecule has 21 heavy (non-hydrogen) atoms. The summed E-state index contributed by atoms with van der Waals surface area (Å²) in [5.41, 5.74) is 3.59. The third kappa shape index (κ3) is 3.08. The highest BCUT2D eigenvalue weighted by Gasteiger charge is 2.25. The van der Waals surface area contributed by atoms with Gasteiger partial charge < -0.3 is 5.32 Å². The number of rotatable bonds is 2. The van der Waals surface area contributed by atoms with Gasteiger partial charge in [-0.25, -0.2) is 0 Å². The van der Waals surface area contributed by atoms with E-state index in [1.165, 1.54) is 17.5 Å². The van der Waals surface area contributed by atoms with Crippen LogP contribution >= 0.6 is 39.1 Å². The molecule has 0 aliphatic heterocycles. The van der Waals surface area contributed by atoms with Gasteiger partial charge in [0.25, 0.3) is 0 Å². The lowest BCUT2D eigenvalue weighted by Gasteiger charge is -2.31. The monoisotopic (exact) mass is 383 g/mol. The van der Waals surface area contributed by atoms with Crippen LogP contribution in [-0.2, 0) is 0 Å². The van der Waals surface area contributed by atoms with Crippen LogP contribution in [0, 0.1) is 0 Å². The standard InChI is InChI=1S/C17H16BrCl2N/c1-10-6-7-16(13-5-3-2-4-12(10)13)21-17-14(19)8-11(18)9-15(17)20/h2-5,8-10,16,21H,6-7H2,1H3. The molecule has 3 rings (SSSR count). The first-order chi connectivity index (χ1) is 10.1. The van der Waals surface area contributed by atoms with Crippen LogP contribution in [0.15, 0.2) is 40.9 Å². The molecule has 1 aliphatic carbocycles. The first kappa shape index (κ1) is 15.2. The van der Waals surface area contributed by atoms with Gasteiger partial charge in [-0.1, -0.05) is 70.3 Å². The van der Waals surface area contributed by atoms with Gasteiger partial charge >= 0.3 is 0 Å². The molecule has 110 valence electrons. The van der Waals surface area contributed by atoms with E-state index in [0.717, 1.165) is 16.6 Å². The third-order valence-electron chi connectivity index (χ3n) is 4.12. The topological polar surface area (TPSA) is 12.0 Å². The number of hydrogen-bond donors (Lipinski definition) is 1. The summed E-state index contributed by atoms with van der Waals surface area (Å²) >= 11 is 16.1. The minimum absolute atomic E-state index is 0.258. The number of benzene rings is 2. The maximum absolute atomic E-state index is 6.33. The van der Waals surface area contributed by atoms with Crippen molar-refractivity contribution < 1.29 is 0 Å². The number of anilines is 1. The van der Waals surface area contributed by atoms with E-state index in [2.05, 4.69) is 52.4 Å². The fourth-order valence-electron chi connectivity index (χ4n) is 3.01. The van der Waals surface area contributed by atoms with Gasteiger partial charge in [0.2, 0.25) is 0 Å².